The molecule has 1 aliphatic rings. The number of rotatable bonds is 4. The maximum atomic E-state index is 12.2. The van der Waals surface area contributed by atoms with Gasteiger partial charge in [0.15, 0.2) is 6.61 Å². The fourth-order valence-corrected chi connectivity index (χ4v) is 2.32. The first-order chi connectivity index (χ1) is 10.7. The van der Waals surface area contributed by atoms with Gasteiger partial charge < -0.3 is 4.74 Å². The molecule has 0 atom stereocenters. The molecule has 0 radical (unpaired) electrons. The van der Waals surface area contributed by atoms with Gasteiger partial charge in [0, 0.05) is 6.42 Å². The Morgan fingerprint density at radius 2 is 1.86 bits per heavy atom. The van der Waals surface area contributed by atoms with E-state index < -0.39 is 0 Å². The molecule has 0 bridgehead atoms. The number of ether oxygens (including phenoxy) is 1. The Morgan fingerprint density at radius 3 is 2.59 bits per heavy atom. The van der Waals surface area contributed by atoms with Gasteiger partial charge >= 0.3 is 0 Å². The summed E-state index contributed by atoms with van der Waals surface area (Å²) < 4.78 is 5.52. The Bertz CT molecular complexity index is 678. The normalized spacial score (nSPS) is 13.9. The average Bonchev–Trinajstić information content (AvgIpc) is 3.05. The second-order valence-electron chi connectivity index (χ2n) is 5.28. The Balaban J connectivity index is 1.59. The third kappa shape index (κ3) is 3.34. The summed E-state index contributed by atoms with van der Waals surface area (Å²) in [7, 11) is 0. The van der Waals surface area contributed by atoms with Crippen molar-refractivity contribution < 1.29 is 9.53 Å². The number of hydrogen-bond acceptors (Lipinski definition) is 3. The molecule has 112 valence electrons. The predicted molar refractivity (Wildman–Crippen MR) is 86.0 cm³/mol. The Kier molecular flexibility index (Phi) is 4.19. The summed E-state index contributed by atoms with van der Waals surface area (Å²) in [5.41, 5.74) is 3.18. The van der Waals surface area contributed by atoms with E-state index in [1.165, 1.54) is 5.01 Å². The molecule has 4 nitrogen and oxygen atoms in total. The van der Waals surface area contributed by atoms with Gasteiger partial charge in [-0.25, -0.2) is 5.01 Å². The minimum atomic E-state index is -0.119. The predicted octanol–water partition coefficient (Wildman–Crippen LogP) is 3.01. The van der Waals surface area contributed by atoms with Gasteiger partial charge in [0.1, 0.15) is 5.75 Å². The Labute approximate surface area is 130 Å². The van der Waals surface area contributed by atoms with Crippen LogP contribution in [0.3, 0.4) is 0 Å². The molecular formula is C18H18N2O2. The van der Waals surface area contributed by atoms with Crippen molar-refractivity contribution in [1.29, 1.82) is 0 Å². The van der Waals surface area contributed by atoms with E-state index in [9.17, 15) is 4.79 Å². The van der Waals surface area contributed by atoms with Gasteiger partial charge in [0.25, 0.3) is 5.91 Å². The van der Waals surface area contributed by atoms with Gasteiger partial charge in [0.2, 0.25) is 0 Å². The molecule has 0 N–H and O–H groups in total. The van der Waals surface area contributed by atoms with E-state index in [-0.39, 0.29) is 12.5 Å². The first kappa shape index (κ1) is 14.3. The van der Waals surface area contributed by atoms with E-state index in [0.717, 1.165) is 23.3 Å². The maximum Gasteiger partial charge on any atom is 0.280 e. The highest BCUT2D eigenvalue weighted by Crippen LogP contribution is 2.15. The third-order valence-electron chi connectivity index (χ3n) is 3.58. The molecule has 0 spiro atoms. The van der Waals surface area contributed by atoms with E-state index in [0.29, 0.717) is 12.3 Å². The number of aryl methyl sites for hydroxylation is 1. The zero-order valence-corrected chi connectivity index (χ0v) is 12.5. The molecular weight excluding hydrogens is 276 g/mol. The molecule has 22 heavy (non-hydrogen) atoms. The van der Waals surface area contributed by atoms with E-state index in [1.807, 2.05) is 61.5 Å². The number of carbonyl (C=O) groups excluding carboxylic acids is 1. The molecule has 0 saturated heterocycles. The highest BCUT2D eigenvalue weighted by atomic mass is 16.5. The van der Waals surface area contributed by atoms with Crippen LogP contribution in [-0.2, 0) is 4.79 Å². The lowest BCUT2D eigenvalue weighted by Crippen LogP contribution is -2.28. The van der Waals surface area contributed by atoms with Crippen LogP contribution in [0.5, 0.6) is 5.75 Å². The van der Waals surface area contributed by atoms with Crippen LogP contribution in [0.25, 0.3) is 0 Å². The lowest BCUT2D eigenvalue weighted by Gasteiger charge is -2.12. The van der Waals surface area contributed by atoms with Gasteiger partial charge in [-0.2, -0.15) is 5.10 Å². The van der Waals surface area contributed by atoms with Crippen LogP contribution in [0.15, 0.2) is 59.7 Å². The highest BCUT2D eigenvalue weighted by molar-refractivity contribution is 6.02. The van der Waals surface area contributed by atoms with Gasteiger partial charge in [-0.3, -0.25) is 4.79 Å². The molecule has 0 fully saturated rings. The largest absolute Gasteiger partial charge is 0.484 e. The number of amides is 1. The summed E-state index contributed by atoms with van der Waals surface area (Å²) in [6, 6.07) is 17.6. The highest BCUT2D eigenvalue weighted by Gasteiger charge is 2.21. The van der Waals surface area contributed by atoms with Crippen LogP contribution in [-0.4, -0.2) is 29.8 Å². The molecule has 2 aromatic carbocycles. The van der Waals surface area contributed by atoms with Crippen molar-refractivity contribution >= 4 is 11.6 Å². The van der Waals surface area contributed by atoms with Crippen LogP contribution in [0.2, 0.25) is 0 Å². The first-order valence-electron chi connectivity index (χ1n) is 7.35. The van der Waals surface area contributed by atoms with Gasteiger partial charge in [-0.05, 0) is 24.6 Å². The zero-order chi connectivity index (χ0) is 15.4. The van der Waals surface area contributed by atoms with Crippen molar-refractivity contribution in [3.05, 3.63) is 65.7 Å². The minimum absolute atomic E-state index is 0.00856. The van der Waals surface area contributed by atoms with Crippen molar-refractivity contribution in [3.63, 3.8) is 0 Å². The van der Waals surface area contributed by atoms with Crippen LogP contribution in [0, 0.1) is 6.92 Å². The lowest BCUT2D eigenvalue weighted by atomic mass is 10.1. The number of hydrazone groups is 1. The first-order valence-corrected chi connectivity index (χ1v) is 7.35. The second kappa shape index (κ2) is 6.43. The van der Waals surface area contributed by atoms with E-state index >= 15 is 0 Å². The van der Waals surface area contributed by atoms with Crippen molar-refractivity contribution in [1.82, 2.24) is 5.01 Å². The van der Waals surface area contributed by atoms with Gasteiger partial charge in [0.05, 0.1) is 12.3 Å². The lowest BCUT2D eigenvalue weighted by molar-refractivity contribution is -0.132. The summed E-state index contributed by atoms with van der Waals surface area (Å²) in [6.07, 6.45) is 0.778. The molecule has 1 aliphatic heterocycles. The number of benzene rings is 2. The van der Waals surface area contributed by atoms with Crippen molar-refractivity contribution in [2.24, 2.45) is 5.10 Å². The van der Waals surface area contributed by atoms with E-state index in [1.54, 1.807) is 0 Å². The van der Waals surface area contributed by atoms with E-state index in [2.05, 4.69) is 5.10 Å². The second-order valence-corrected chi connectivity index (χ2v) is 5.28. The molecule has 0 aliphatic carbocycles. The average molecular weight is 294 g/mol. The van der Waals surface area contributed by atoms with Crippen molar-refractivity contribution in [2.75, 3.05) is 13.2 Å². The fourth-order valence-electron chi connectivity index (χ4n) is 2.32. The number of nitrogens with zero attached hydrogens (tertiary/aromatic N) is 2. The SMILES string of the molecule is Cc1ccc(OCC(=O)N2CCC(c3ccccc3)=N2)cc1. The quantitative estimate of drug-likeness (QED) is 0.870. The molecule has 0 saturated carbocycles. The molecule has 4 heteroatoms. The molecule has 1 amide bonds. The summed E-state index contributed by atoms with van der Waals surface area (Å²) >= 11 is 0. The zero-order valence-electron chi connectivity index (χ0n) is 12.5. The Morgan fingerprint density at radius 1 is 1.14 bits per heavy atom. The minimum Gasteiger partial charge on any atom is -0.484 e. The molecule has 1 heterocycles. The standard InChI is InChI=1S/C18H18N2O2/c1-14-7-9-16(10-8-14)22-13-18(21)20-12-11-17(19-20)15-5-3-2-4-6-15/h2-10H,11-13H2,1H3. The van der Waals surface area contributed by atoms with E-state index in [4.69, 9.17) is 4.74 Å². The topological polar surface area (TPSA) is 41.9 Å². The van der Waals surface area contributed by atoms with Crippen LogP contribution in [0.4, 0.5) is 0 Å². The van der Waals surface area contributed by atoms with Crippen LogP contribution >= 0.6 is 0 Å². The molecule has 0 aromatic heterocycles. The number of hydrogen-bond donors (Lipinski definition) is 0. The molecule has 3 rings (SSSR count). The molecule has 2 aromatic rings. The summed E-state index contributed by atoms with van der Waals surface area (Å²) in [4.78, 5) is 12.2. The van der Waals surface area contributed by atoms with Crippen molar-refractivity contribution in [3.8, 4) is 5.75 Å². The fraction of sp³-hybridized carbons (Fsp3) is 0.222. The summed E-state index contributed by atoms with van der Waals surface area (Å²) in [6.45, 7) is 2.63. The Hall–Kier alpha value is -2.62. The van der Waals surface area contributed by atoms with Crippen LogP contribution in [0.1, 0.15) is 17.5 Å². The monoisotopic (exact) mass is 294 g/mol. The summed E-state index contributed by atoms with van der Waals surface area (Å²) in [5.74, 6) is 0.580. The summed E-state index contributed by atoms with van der Waals surface area (Å²) in [5, 5.41) is 5.90. The smallest absolute Gasteiger partial charge is 0.280 e. The molecule has 0 unspecified atom stereocenters. The van der Waals surface area contributed by atoms with Crippen molar-refractivity contribution in [2.45, 2.75) is 13.3 Å². The maximum absolute atomic E-state index is 12.2. The van der Waals surface area contributed by atoms with Gasteiger partial charge in [-0.1, -0.05) is 48.0 Å². The van der Waals surface area contributed by atoms with Gasteiger partial charge in [-0.15, -0.1) is 0 Å². The third-order valence-corrected chi connectivity index (χ3v) is 3.58. The van der Waals surface area contributed by atoms with Crippen LogP contribution < -0.4 is 4.74 Å². The number of carbonyl (C=O) groups is 1.